The Hall–Kier alpha value is -3.18. The number of aliphatic hydroxyl groups is 2. The van der Waals surface area contributed by atoms with Crippen LogP contribution in [-0.4, -0.2) is 84.9 Å². The van der Waals surface area contributed by atoms with Crippen LogP contribution in [0.2, 0.25) is 0 Å². The van der Waals surface area contributed by atoms with Crippen LogP contribution in [0.3, 0.4) is 0 Å². The van der Waals surface area contributed by atoms with Gasteiger partial charge in [0.1, 0.15) is 5.82 Å². The molecule has 1 aliphatic heterocycles. The first-order valence-corrected chi connectivity index (χ1v) is 14.0. The summed E-state index contributed by atoms with van der Waals surface area (Å²) in [6.45, 7) is 8.83. The fraction of sp³-hybridized carbons (Fsp3) is 0.429. The molecule has 0 unspecified atom stereocenters. The number of carbonyl (C=O) groups excluding carboxylic acids is 1. The molecule has 2 N–H and O–H groups in total. The number of rotatable bonds is 10. The van der Waals surface area contributed by atoms with E-state index >= 15 is 0 Å². The number of ketones is 1. The molecular weight excluding hydrogens is 500 g/mol. The maximum absolute atomic E-state index is 13.4. The topological polar surface area (TPSA) is 107 Å². The summed E-state index contributed by atoms with van der Waals surface area (Å²) in [5, 5.41) is 26.8. The quantitative estimate of drug-likeness (QED) is 0.296. The number of β-amino-alcohol motifs (C(OH)–C–C–N with tert-alkyl or cyclic N) is 2. The van der Waals surface area contributed by atoms with E-state index in [1.807, 2.05) is 40.7 Å². The van der Waals surface area contributed by atoms with Crippen LogP contribution in [0.1, 0.15) is 44.0 Å². The van der Waals surface area contributed by atoms with E-state index in [1.165, 1.54) is 0 Å². The van der Waals surface area contributed by atoms with E-state index in [1.54, 1.807) is 28.1 Å². The standard InChI is InChI=1S/C28H34N6O3S/c1-4-32(5-2)18(3)8-9-23(35)19-13-22(30-27(14-19)33-16-24(36)25(37)17-33)20-15-29-34-11-10-21(31-28(20)34)26-7-6-12-38-26/h6-7,10-15,18,24-25,36-37H,4-5,8-9,16-17H2,1-3H3/t18-,24-,25-/m0/s1. The third-order valence-electron chi connectivity index (χ3n) is 7.36. The second-order valence-electron chi connectivity index (χ2n) is 9.79. The van der Waals surface area contributed by atoms with Crippen molar-refractivity contribution in [3.63, 3.8) is 0 Å². The molecule has 0 radical (unpaired) electrons. The molecule has 0 aliphatic carbocycles. The van der Waals surface area contributed by atoms with Gasteiger partial charge in [-0.3, -0.25) is 4.79 Å². The number of Topliss-reactive ketones (excluding diaryl/α,β-unsaturated/α-hetero) is 1. The van der Waals surface area contributed by atoms with Crippen molar-refractivity contribution in [2.45, 2.75) is 51.9 Å². The fourth-order valence-electron chi connectivity index (χ4n) is 5.06. The van der Waals surface area contributed by atoms with Crippen LogP contribution in [0.25, 0.3) is 27.5 Å². The molecule has 0 saturated carbocycles. The predicted octanol–water partition coefficient (Wildman–Crippen LogP) is 3.75. The van der Waals surface area contributed by atoms with Crippen LogP contribution in [0.15, 0.2) is 48.1 Å². The summed E-state index contributed by atoms with van der Waals surface area (Å²) in [6, 6.07) is 9.84. The van der Waals surface area contributed by atoms with E-state index in [9.17, 15) is 15.0 Å². The number of thiophene rings is 1. The highest BCUT2D eigenvalue weighted by atomic mass is 32.1. The Labute approximate surface area is 226 Å². The predicted molar refractivity (Wildman–Crippen MR) is 150 cm³/mol. The van der Waals surface area contributed by atoms with E-state index in [-0.39, 0.29) is 18.9 Å². The number of nitrogens with zero attached hydrogens (tertiary/aromatic N) is 6. The highest BCUT2D eigenvalue weighted by Gasteiger charge is 2.31. The first kappa shape index (κ1) is 26.4. The van der Waals surface area contributed by atoms with Crippen LogP contribution in [-0.2, 0) is 0 Å². The Morgan fingerprint density at radius 2 is 1.89 bits per heavy atom. The average Bonchev–Trinajstić information content (AvgIpc) is 3.68. The fourth-order valence-corrected chi connectivity index (χ4v) is 5.75. The second-order valence-corrected chi connectivity index (χ2v) is 10.7. The number of carbonyl (C=O) groups is 1. The van der Waals surface area contributed by atoms with Crippen molar-refractivity contribution < 1.29 is 15.0 Å². The van der Waals surface area contributed by atoms with Crippen LogP contribution >= 0.6 is 11.3 Å². The summed E-state index contributed by atoms with van der Waals surface area (Å²) in [6.07, 6.45) is 3.05. The van der Waals surface area contributed by atoms with Crippen molar-refractivity contribution in [3.8, 4) is 21.8 Å². The summed E-state index contributed by atoms with van der Waals surface area (Å²) in [5.74, 6) is 0.588. The lowest BCUT2D eigenvalue weighted by atomic mass is 10.0. The van der Waals surface area contributed by atoms with Gasteiger partial charge < -0.3 is 20.0 Å². The lowest BCUT2D eigenvalue weighted by Gasteiger charge is -2.26. The third-order valence-corrected chi connectivity index (χ3v) is 8.25. The van der Waals surface area contributed by atoms with Crippen molar-refractivity contribution in [2.24, 2.45) is 0 Å². The lowest BCUT2D eigenvalue weighted by molar-refractivity contribution is 0.0572. The third kappa shape index (κ3) is 5.35. The van der Waals surface area contributed by atoms with Crippen molar-refractivity contribution >= 4 is 28.6 Å². The summed E-state index contributed by atoms with van der Waals surface area (Å²) in [7, 11) is 0. The van der Waals surface area contributed by atoms with Gasteiger partial charge >= 0.3 is 0 Å². The molecule has 5 rings (SSSR count). The average molecular weight is 535 g/mol. The van der Waals surface area contributed by atoms with E-state index in [0.717, 1.165) is 35.6 Å². The summed E-state index contributed by atoms with van der Waals surface area (Å²) in [5.41, 5.74) is 3.36. The Kier molecular flexibility index (Phi) is 7.85. The number of hydrogen-bond acceptors (Lipinski definition) is 9. The summed E-state index contributed by atoms with van der Waals surface area (Å²) >= 11 is 1.62. The van der Waals surface area contributed by atoms with Gasteiger partial charge in [0.15, 0.2) is 11.4 Å². The van der Waals surface area contributed by atoms with Crippen molar-refractivity contribution in [1.82, 2.24) is 24.5 Å². The molecule has 5 heterocycles. The number of aromatic nitrogens is 4. The van der Waals surface area contributed by atoms with Crippen LogP contribution in [0.4, 0.5) is 5.82 Å². The van der Waals surface area contributed by atoms with Crippen molar-refractivity contribution in [1.29, 1.82) is 0 Å². The molecule has 1 saturated heterocycles. The van der Waals surface area contributed by atoms with Gasteiger partial charge in [-0.05, 0) is 56.1 Å². The molecule has 4 aromatic heterocycles. The largest absolute Gasteiger partial charge is 0.389 e. The highest BCUT2D eigenvalue weighted by Crippen LogP contribution is 2.30. The monoisotopic (exact) mass is 534 g/mol. The summed E-state index contributed by atoms with van der Waals surface area (Å²) in [4.78, 5) is 28.4. The first-order valence-electron chi connectivity index (χ1n) is 13.2. The van der Waals surface area contributed by atoms with Gasteiger partial charge in [-0.2, -0.15) is 5.10 Å². The number of fused-ring (bicyclic) bond motifs is 1. The maximum Gasteiger partial charge on any atom is 0.165 e. The number of hydrogen-bond donors (Lipinski definition) is 2. The van der Waals surface area contributed by atoms with Crippen LogP contribution in [0, 0.1) is 0 Å². The van der Waals surface area contributed by atoms with Gasteiger partial charge in [-0.25, -0.2) is 14.5 Å². The number of pyridine rings is 1. The summed E-state index contributed by atoms with van der Waals surface area (Å²) < 4.78 is 1.71. The lowest BCUT2D eigenvalue weighted by Crippen LogP contribution is -2.33. The number of anilines is 1. The van der Waals surface area contributed by atoms with E-state index < -0.39 is 12.2 Å². The minimum Gasteiger partial charge on any atom is -0.389 e. The smallest absolute Gasteiger partial charge is 0.165 e. The van der Waals surface area contributed by atoms with E-state index in [0.29, 0.717) is 35.2 Å². The Morgan fingerprint density at radius 3 is 2.58 bits per heavy atom. The molecule has 0 bridgehead atoms. The van der Waals surface area contributed by atoms with E-state index in [4.69, 9.17) is 9.97 Å². The van der Waals surface area contributed by atoms with Gasteiger partial charge in [0.25, 0.3) is 0 Å². The van der Waals surface area contributed by atoms with Gasteiger partial charge in [-0.15, -0.1) is 11.3 Å². The van der Waals surface area contributed by atoms with Gasteiger partial charge in [0, 0.05) is 37.3 Å². The van der Waals surface area contributed by atoms with Crippen molar-refractivity contribution in [3.05, 3.63) is 53.7 Å². The molecule has 3 atom stereocenters. The zero-order valence-corrected chi connectivity index (χ0v) is 22.8. The van der Waals surface area contributed by atoms with Crippen molar-refractivity contribution in [2.75, 3.05) is 31.1 Å². The first-order chi connectivity index (χ1) is 18.4. The molecule has 200 valence electrons. The molecule has 0 aromatic carbocycles. The minimum atomic E-state index is -0.860. The SMILES string of the molecule is CCN(CC)[C@@H](C)CCC(=O)c1cc(-c2cnn3ccc(-c4cccs4)nc23)nc(N2C[C@H](O)[C@@H](O)C2)c1. The highest BCUT2D eigenvalue weighted by molar-refractivity contribution is 7.13. The molecule has 38 heavy (non-hydrogen) atoms. The number of aliphatic hydroxyl groups excluding tert-OH is 2. The molecule has 4 aromatic rings. The molecule has 10 heteroatoms. The van der Waals surface area contributed by atoms with Crippen LogP contribution in [0.5, 0.6) is 0 Å². The molecule has 1 aliphatic rings. The zero-order chi connectivity index (χ0) is 26.8. The molecule has 1 fully saturated rings. The van der Waals surface area contributed by atoms with Gasteiger partial charge in [0.05, 0.1) is 40.2 Å². The molecule has 9 nitrogen and oxygen atoms in total. The molecule has 0 amide bonds. The Morgan fingerprint density at radius 1 is 1.13 bits per heavy atom. The van der Waals surface area contributed by atoms with Gasteiger partial charge in [0.2, 0.25) is 0 Å². The molecular formula is C28H34N6O3S. The Balaban J connectivity index is 1.52. The second kappa shape index (κ2) is 11.3. The maximum atomic E-state index is 13.4. The normalized spacial score (nSPS) is 18.5. The zero-order valence-electron chi connectivity index (χ0n) is 22.0. The molecule has 0 spiro atoms. The van der Waals surface area contributed by atoms with Gasteiger partial charge in [-0.1, -0.05) is 19.9 Å². The van der Waals surface area contributed by atoms with Crippen LogP contribution < -0.4 is 4.90 Å². The van der Waals surface area contributed by atoms with E-state index in [2.05, 4.69) is 30.8 Å². The Bertz CT molecular complexity index is 1390. The minimum absolute atomic E-state index is 0.0397.